The van der Waals surface area contributed by atoms with Gasteiger partial charge in [0.1, 0.15) is 4.64 Å². The summed E-state index contributed by atoms with van der Waals surface area (Å²) in [6.07, 6.45) is 5.33. The van der Waals surface area contributed by atoms with Gasteiger partial charge in [0.15, 0.2) is 11.6 Å². The number of furan rings is 1. The Labute approximate surface area is 114 Å². The summed E-state index contributed by atoms with van der Waals surface area (Å²) in [5.74, 6) is 1.34. The van der Waals surface area contributed by atoms with Gasteiger partial charge in [0.2, 0.25) is 0 Å². The molecule has 3 aromatic rings. The quantitative estimate of drug-likeness (QED) is 0.728. The predicted octanol–water partition coefficient (Wildman–Crippen LogP) is 3.11. The molecule has 19 heavy (non-hydrogen) atoms. The first-order chi connectivity index (χ1) is 9.13. The molecule has 0 aliphatic heterocycles. The molecule has 6 heteroatoms. The first kappa shape index (κ1) is 11.9. The molecule has 0 bridgehead atoms. The van der Waals surface area contributed by atoms with Crippen LogP contribution in [-0.2, 0) is 7.05 Å². The highest BCUT2D eigenvalue weighted by Crippen LogP contribution is 2.23. The Morgan fingerprint density at radius 3 is 2.89 bits per heavy atom. The summed E-state index contributed by atoms with van der Waals surface area (Å²) in [6, 6.07) is 3.71. The molecule has 5 nitrogen and oxygen atoms in total. The molecular weight excluding hydrogens is 260 g/mol. The van der Waals surface area contributed by atoms with Crippen LogP contribution in [0.15, 0.2) is 35.2 Å². The van der Waals surface area contributed by atoms with Crippen molar-refractivity contribution in [3.63, 3.8) is 0 Å². The van der Waals surface area contributed by atoms with Crippen LogP contribution < -0.4 is 0 Å². The van der Waals surface area contributed by atoms with Gasteiger partial charge in [-0.3, -0.25) is 4.68 Å². The lowest BCUT2D eigenvalue weighted by atomic mass is 10.2. The fraction of sp³-hybridized carbons (Fsp3) is 0.154. The number of hydrogen-bond donors (Lipinski definition) is 1. The molecule has 96 valence electrons. The zero-order valence-corrected chi connectivity index (χ0v) is 11.4. The number of rotatable bonds is 2. The fourth-order valence-corrected chi connectivity index (χ4v) is 2.11. The fourth-order valence-electron chi connectivity index (χ4n) is 1.90. The number of hydrogen-bond acceptors (Lipinski definition) is 4. The van der Waals surface area contributed by atoms with E-state index in [1.165, 1.54) is 0 Å². The van der Waals surface area contributed by atoms with E-state index in [1.54, 1.807) is 17.1 Å². The number of nitrogens with zero attached hydrogens (tertiary/aromatic N) is 3. The third-order valence-corrected chi connectivity index (χ3v) is 3.05. The third-order valence-electron chi connectivity index (χ3n) is 2.84. The van der Waals surface area contributed by atoms with Gasteiger partial charge in [-0.2, -0.15) is 5.10 Å². The highest BCUT2D eigenvalue weighted by Gasteiger charge is 2.10. The van der Waals surface area contributed by atoms with Crippen LogP contribution in [0.4, 0.5) is 0 Å². The van der Waals surface area contributed by atoms with Crippen LogP contribution in [0.3, 0.4) is 0 Å². The highest BCUT2D eigenvalue weighted by atomic mass is 32.1. The normalized spacial score (nSPS) is 10.8. The first-order valence-electron chi connectivity index (χ1n) is 5.78. The van der Waals surface area contributed by atoms with E-state index in [-0.39, 0.29) is 0 Å². The summed E-state index contributed by atoms with van der Waals surface area (Å²) >= 11 is 5.21. The third kappa shape index (κ3) is 2.22. The van der Waals surface area contributed by atoms with Crippen molar-refractivity contribution in [3.8, 4) is 22.8 Å². The number of aromatic nitrogens is 4. The molecule has 0 aromatic carbocycles. The van der Waals surface area contributed by atoms with Crippen LogP contribution in [-0.4, -0.2) is 19.7 Å². The Kier molecular flexibility index (Phi) is 2.79. The van der Waals surface area contributed by atoms with Crippen LogP contribution in [0.5, 0.6) is 0 Å². The Morgan fingerprint density at radius 2 is 2.26 bits per heavy atom. The van der Waals surface area contributed by atoms with Crippen LogP contribution in [0.2, 0.25) is 0 Å². The summed E-state index contributed by atoms with van der Waals surface area (Å²) in [7, 11) is 1.87. The van der Waals surface area contributed by atoms with Gasteiger partial charge in [0, 0.05) is 18.8 Å². The molecule has 0 radical (unpaired) electrons. The van der Waals surface area contributed by atoms with Gasteiger partial charge in [-0.05, 0) is 24.6 Å². The molecule has 0 amide bonds. The zero-order valence-electron chi connectivity index (χ0n) is 10.5. The monoisotopic (exact) mass is 272 g/mol. The second-order valence-electron chi connectivity index (χ2n) is 4.32. The molecule has 0 spiro atoms. The molecule has 0 aliphatic rings. The topological polar surface area (TPSA) is 59.6 Å². The minimum Gasteiger partial charge on any atom is -0.461 e. The summed E-state index contributed by atoms with van der Waals surface area (Å²) < 4.78 is 7.70. The SMILES string of the molecule is Cc1ccoc1-c1nc(=S)cc(-c2cnn(C)c2)[nH]1. The van der Waals surface area contributed by atoms with E-state index in [9.17, 15) is 0 Å². The van der Waals surface area contributed by atoms with Gasteiger partial charge in [0.05, 0.1) is 18.2 Å². The van der Waals surface area contributed by atoms with Gasteiger partial charge in [0.25, 0.3) is 0 Å². The van der Waals surface area contributed by atoms with Gasteiger partial charge >= 0.3 is 0 Å². The van der Waals surface area contributed by atoms with Gasteiger partial charge in [-0.1, -0.05) is 12.2 Å². The predicted molar refractivity (Wildman–Crippen MR) is 74.1 cm³/mol. The molecule has 3 rings (SSSR count). The summed E-state index contributed by atoms with van der Waals surface area (Å²) in [5, 5.41) is 4.15. The maximum Gasteiger partial charge on any atom is 0.175 e. The van der Waals surface area contributed by atoms with E-state index < -0.39 is 0 Å². The molecule has 0 saturated heterocycles. The summed E-state index contributed by atoms with van der Waals surface area (Å²) in [5.41, 5.74) is 2.85. The summed E-state index contributed by atoms with van der Waals surface area (Å²) in [4.78, 5) is 7.54. The molecule has 0 atom stereocenters. The van der Waals surface area contributed by atoms with E-state index in [1.807, 2.05) is 32.3 Å². The summed E-state index contributed by atoms with van der Waals surface area (Å²) in [6.45, 7) is 1.97. The van der Waals surface area contributed by atoms with E-state index in [0.717, 1.165) is 16.8 Å². The van der Waals surface area contributed by atoms with Crippen LogP contribution in [0, 0.1) is 11.6 Å². The molecule has 1 N–H and O–H groups in total. The zero-order chi connectivity index (χ0) is 13.4. The molecular formula is C13H12N4OS. The largest absolute Gasteiger partial charge is 0.461 e. The van der Waals surface area contributed by atoms with Crippen molar-refractivity contribution >= 4 is 12.2 Å². The van der Waals surface area contributed by atoms with Crippen LogP contribution >= 0.6 is 12.2 Å². The van der Waals surface area contributed by atoms with E-state index >= 15 is 0 Å². The highest BCUT2D eigenvalue weighted by molar-refractivity contribution is 7.71. The second-order valence-corrected chi connectivity index (χ2v) is 4.74. The van der Waals surface area contributed by atoms with Crippen molar-refractivity contribution < 1.29 is 4.42 Å². The number of aryl methyl sites for hydroxylation is 2. The van der Waals surface area contributed by atoms with Crippen molar-refractivity contribution in [3.05, 3.63) is 41.0 Å². The lowest BCUT2D eigenvalue weighted by Gasteiger charge is -2.03. The van der Waals surface area contributed by atoms with Crippen molar-refractivity contribution in [2.75, 3.05) is 0 Å². The molecule has 0 saturated carbocycles. The molecule has 3 heterocycles. The Morgan fingerprint density at radius 1 is 1.42 bits per heavy atom. The number of nitrogens with one attached hydrogen (secondary N) is 1. The maximum absolute atomic E-state index is 5.44. The molecule has 0 unspecified atom stereocenters. The standard InChI is InChI=1S/C13H12N4OS/c1-8-3-4-18-12(8)13-15-10(5-11(19)16-13)9-6-14-17(2)7-9/h3-7H,1-2H3,(H,15,16,19). The average Bonchev–Trinajstić information content (AvgIpc) is 2.97. The lowest BCUT2D eigenvalue weighted by molar-refractivity contribution is 0.575. The molecule has 3 aromatic heterocycles. The molecule has 0 fully saturated rings. The van der Waals surface area contributed by atoms with Gasteiger partial charge in [-0.15, -0.1) is 0 Å². The smallest absolute Gasteiger partial charge is 0.175 e. The van der Waals surface area contributed by atoms with Crippen molar-refractivity contribution in [2.45, 2.75) is 6.92 Å². The lowest BCUT2D eigenvalue weighted by Crippen LogP contribution is -1.92. The number of aromatic amines is 1. The van der Waals surface area contributed by atoms with E-state index in [2.05, 4.69) is 15.1 Å². The minimum absolute atomic E-state index is 0.517. The van der Waals surface area contributed by atoms with Crippen molar-refractivity contribution in [1.82, 2.24) is 19.7 Å². The number of H-pyrrole nitrogens is 1. The van der Waals surface area contributed by atoms with Gasteiger partial charge in [-0.25, -0.2) is 4.98 Å². The van der Waals surface area contributed by atoms with Crippen molar-refractivity contribution in [1.29, 1.82) is 0 Å². The first-order valence-corrected chi connectivity index (χ1v) is 6.19. The Hall–Kier alpha value is -2.21. The van der Waals surface area contributed by atoms with Crippen LogP contribution in [0.25, 0.3) is 22.8 Å². The van der Waals surface area contributed by atoms with E-state index in [4.69, 9.17) is 16.6 Å². The Bertz CT molecular complexity index is 784. The van der Waals surface area contributed by atoms with Gasteiger partial charge < -0.3 is 9.40 Å². The van der Waals surface area contributed by atoms with Crippen LogP contribution in [0.1, 0.15) is 5.56 Å². The minimum atomic E-state index is 0.517. The molecule has 0 aliphatic carbocycles. The second kappa shape index (κ2) is 4.47. The van der Waals surface area contributed by atoms with E-state index in [0.29, 0.717) is 16.2 Å². The Balaban J connectivity index is 2.16. The maximum atomic E-state index is 5.44. The average molecular weight is 272 g/mol. The van der Waals surface area contributed by atoms with Crippen molar-refractivity contribution in [2.24, 2.45) is 7.05 Å².